The second kappa shape index (κ2) is 7.49. The molecule has 2 heterocycles. The van der Waals surface area contributed by atoms with Gasteiger partial charge in [0.2, 0.25) is 0 Å². The summed E-state index contributed by atoms with van der Waals surface area (Å²) in [5, 5.41) is 22.9. The van der Waals surface area contributed by atoms with E-state index >= 15 is 0 Å². The predicted octanol–water partition coefficient (Wildman–Crippen LogP) is 4.28. The van der Waals surface area contributed by atoms with Crippen LogP contribution in [-0.4, -0.2) is 27.8 Å². The third kappa shape index (κ3) is 3.30. The Kier molecular flexibility index (Phi) is 4.98. The van der Waals surface area contributed by atoms with Crippen molar-refractivity contribution in [3.8, 4) is 5.75 Å². The fraction of sp³-hybridized carbons (Fsp3) is 0.143. The number of fused-ring (bicyclic) bond motifs is 1. The van der Waals surface area contributed by atoms with E-state index < -0.39 is 29.4 Å². The van der Waals surface area contributed by atoms with Gasteiger partial charge in [0.15, 0.2) is 11.6 Å². The van der Waals surface area contributed by atoms with Gasteiger partial charge in [0, 0.05) is 17.1 Å². The van der Waals surface area contributed by atoms with Gasteiger partial charge in [-0.05, 0) is 36.2 Å². The lowest BCUT2D eigenvalue weighted by Crippen LogP contribution is -2.23. The van der Waals surface area contributed by atoms with E-state index in [1.807, 2.05) is 0 Å². The molecular formula is C21H15F2NO5S. The Labute approximate surface area is 173 Å². The Bertz CT molecular complexity index is 1230. The number of phenols is 1. The van der Waals surface area contributed by atoms with Gasteiger partial charge < -0.3 is 19.9 Å². The minimum atomic E-state index is -1.36. The van der Waals surface area contributed by atoms with Crippen molar-refractivity contribution in [3.63, 3.8) is 0 Å². The van der Waals surface area contributed by atoms with Gasteiger partial charge in [0.25, 0.3) is 5.91 Å². The van der Waals surface area contributed by atoms with Crippen LogP contribution in [0.25, 0.3) is 11.0 Å². The molecule has 4 rings (SSSR count). The van der Waals surface area contributed by atoms with Crippen LogP contribution in [-0.2, 0) is 4.79 Å². The van der Waals surface area contributed by atoms with E-state index in [1.54, 1.807) is 6.07 Å². The van der Waals surface area contributed by atoms with Crippen molar-refractivity contribution in [1.82, 2.24) is 5.32 Å². The SMILES string of the molecule is Cc1ccc(C2CSC(NC(=O)c3cc4occc4cc3O)=C2C(=O)O)c(F)c1F. The smallest absolute Gasteiger partial charge is 0.334 e. The van der Waals surface area contributed by atoms with Crippen molar-refractivity contribution in [2.45, 2.75) is 12.8 Å². The first kappa shape index (κ1) is 20.0. The zero-order chi connectivity index (χ0) is 21.6. The highest BCUT2D eigenvalue weighted by atomic mass is 32.2. The average Bonchev–Trinajstić information content (AvgIpc) is 3.32. The number of thioether (sulfide) groups is 1. The number of hydrogen-bond donors (Lipinski definition) is 3. The molecule has 9 heteroatoms. The van der Waals surface area contributed by atoms with Gasteiger partial charge >= 0.3 is 5.97 Å². The number of carbonyl (C=O) groups is 2. The summed E-state index contributed by atoms with van der Waals surface area (Å²) in [6.45, 7) is 1.41. The summed E-state index contributed by atoms with van der Waals surface area (Å²) in [5.41, 5.74) is 0.0482. The van der Waals surface area contributed by atoms with Crippen LogP contribution in [0.15, 0.2) is 51.6 Å². The van der Waals surface area contributed by atoms with E-state index in [2.05, 4.69) is 5.32 Å². The lowest BCUT2D eigenvalue weighted by molar-refractivity contribution is -0.132. The fourth-order valence-corrected chi connectivity index (χ4v) is 4.59. The van der Waals surface area contributed by atoms with E-state index in [1.165, 1.54) is 37.5 Å². The Morgan fingerprint density at radius 1 is 1.20 bits per heavy atom. The van der Waals surface area contributed by atoms with Crippen LogP contribution < -0.4 is 5.32 Å². The van der Waals surface area contributed by atoms with Crippen LogP contribution in [0.2, 0.25) is 0 Å². The summed E-state index contributed by atoms with van der Waals surface area (Å²) in [7, 11) is 0. The third-order valence-corrected chi connectivity index (χ3v) is 6.05. The number of hydrogen-bond acceptors (Lipinski definition) is 5. The molecule has 1 amide bonds. The van der Waals surface area contributed by atoms with Gasteiger partial charge in [-0.3, -0.25) is 4.79 Å². The number of nitrogens with one attached hydrogen (secondary N) is 1. The molecule has 2 aromatic carbocycles. The van der Waals surface area contributed by atoms with Crippen molar-refractivity contribution < 1.29 is 33.0 Å². The maximum atomic E-state index is 14.4. The minimum Gasteiger partial charge on any atom is -0.507 e. The first-order valence-corrected chi connectivity index (χ1v) is 9.82. The molecule has 1 aliphatic heterocycles. The van der Waals surface area contributed by atoms with Crippen LogP contribution in [0.3, 0.4) is 0 Å². The number of carbonyl (C=O) groups excluding carboxylic acids is 1. The fourth-order valence-electron chi connectivity index (χ4n) is 3.36. The van der Waals surface area contributed by atoms with Crippen LogP contribution in [0.4, 0.5) is 8.78 Å². The summed E-state index contributed by atoms with van der Waals surface area (Å²) in [4.78, 5) is 24.6. The van der Waals surface area contributed by atoms with Crippen LogP contribution in [0.5, 0.6) is 5.75 Å². The number of rotatable bonds is 4. The lowest BCUT2D eigenvalue weighted by atomic mass is 9.92. The highest BCUT2D eigenvalue weighted by Crippen LogP contribution is 2.42. The Balaban J connectivity index is 1.70. The predicted molar refractivity (Wildman–Crippen MR) is 106 cm³/mol. The zero-order valence-electron chi connectivity index (χ0n) is 15.5. The number of phenolic OH excluding ortho intramolecular Hbond substituents is 1. The van der Waals surface area contributed by atoms with Crippen LogP contribution in [0.1, 0.15) is 27.4 Å². The average molecular weight is 431 g/mol. The monoisotopic (exact) mass is 431 g/mol. The largest absolute Gasteiger partial charge is 0.507 e. The van der Waals surface area contributed by atoms with Crippen molar-refractivity contribution in [2.24, 2.45) is 0 Å². The molecule has 0 saturated carbocycles. The number of aryl methyl sites for hydroxylation is 1. The molecule has 1 atom stereocenters. The Morgan fingerprint density at radius 3 is 2.70 bits per heavy atom. The summed E-state index contributed by atoms with van der Waals surface area (Å²) < 4.78 is 33.7. The quantitative estimate of drug-likeness (QED) is 0.570. The molecule has 30 heavy (non-hydrogen) atoms. The third-order valence-electron chi connectivity index (χ3n) is 4.94. The molecule has 0 fully saturated rings. The van der Waals surface area contributed by atoms with Gasteiger partial charge in [-0.25, -0.2) is 13.6 Å². The van der Waals surface area contributed by atoms with Gasteiger partial charge in [0.05, 0.1) is 22.4 Å². The van der Waals surface area contributed by atoms with Crippen molar-refractivity contribution in [1.29, 1.82) is 0 Å². The summed E-state index contributed by atoms with van der Waals surface area (Å²) >= 11 is 1.01. The number of aromatic hydroxyl groups is 1. The lowest BCUT2D eigenvalue weighted by Gasteiger charge is -2.14. The van der Waals surface area contributed by atoms with E-state index in [9.17, 15) is 28.6 Å². The maximum Gasteiger partial charge on any atom is 0.334 e. The molecule has 3 N–H and O–H groups in total. The van der Waals surface area contributed by atoms with Crippen LogP contribution in [0, 0.1) is 18.6 Å². The number of aliphatic carboxylic acids is 1. The second-order valence-corrected chi connectivity index (χ2v) is 7.82. The van der Waals surface area contributed by atoms with E-state index in [4.69, 9.17) is 4.42 Å². The first-order chi connectivity index (χ1) is 14.3. The van der Waals surface area contributed by atoms with Gasteiger partial charge in [-0.1, -0.05) is 12.1 Å². The number of carboxylic acids is 1. The summed E-state index contributed by atoms with van der Waals surface area (Å²) in [6.07, 6.45) is 1.41. The number of benzene rings is 2. The number of carboxylic acid groups (broad SMARTS) is 1. The highest BCUT2D eigenvalue weighted by molar-refractivity contribution is 8.03. The molecule has 0 saturated heterocycles. The van der Waals surface area contributed by atoms with Crippen molar-refractivity contribution >= 4 is 34.6 Å². The molecule has 0 radical (unpaired) electrons. The highest BCUT2D eigenvalue weighted by Gasteiger charge is 2.36. The second-order valence-electron chi connectivity index (χ2n) is 6.79. The zero-order valence-corrected chi connectivity index (χ0v) is 16.3. The van der Waals surface area contributed by atoms with E-state index in [0.29, 0.717) is 11.0 Å². The summed E-state index contributed by atoms with van der Waals surface area (Å²) in [6, 6.07) is 7.05. The summed E-state index contributed by atoms with van der Waals surface area (Å²) in [5.74, 6) is -5.37. The molecule has 1 aliphatic rings. The normalized spacial score (nSPS) is 16.3. The Hall–Kier alpha value is -3.33. The Morgan fingerprint density at radius 2 is 1.97 bits per heavy atom. The molecule has 0 spiro atoms. The molecule has 6 nitrogen and oxygen atoms in total. The topological polar surface area (TPSA) is 99.8 Å². The first-order valence-electron chi connectivity index (χ1n) is 8.84. The van der Waals surface area contributed by atoms with Gasteiger partial charge in [0.1, 0.15) is 11.3 Å². The number of halogens is 2. The number of furan rings is 1. The standard InChI is InChI=1S/C21H15F2NO5S/c1-9-2-3-11(18(23)17(9)22)13-8-30-20(16(13)21(27)28)24-19(26)12-7-15-10(4-5-29-15)6-14(12)25/h2-7,13,25H,8H2,1H3,(H,24,26)(H,27,28). The van der Waals surface area contributed by atoms with Gasteiger partial charge in [-0.15, -0.1) is 11.8 Å². The minimum absolute atomic E-state index is 0.0109. The van der Waals surface area contributed by atoms with Crippen molar-refractivity contribution in [2.75, 3.05) is 5.75 Å². The molecule has 1 unspecified atom stereocenters. The van der Waals surface area contributed by atoms with Crippen LogP contribution >= 0.6 is 11.8 Å². The molecule has 3 aromatic rings. The van der Waals surface area contributed by atoms with Gasteiger partial charge in [-0.2, -0.15) is 0 Å². The maximum absolute atomic E-state index is 14.4. The van der Waals surface area contributed by atoms with E-state index in [-0.39, 0.29) is 38.8 Å². The number of amides is 1. The molecule has 154 valence electrons. The molecular weight excluding hydrogens is 416 g/mol. The molecule has 0 aliphatic carbocycles. The molecule has 0 bridgehead atoms. The van der Waals surface area contributed by atoms with Crippen molar-refractivity contribution in [3.05, 3.63) is 75.5 Å². The van der Waals surface area contributed by atoms with E-state index in [0.717, 1.165) is 11.8 Å². The molecule has 1 aromatic heterocycles.